The van der Waals surface area contributed by atoms with Crippen molar-refractivity contribution in [2.75, 3.05) is 93.1 Å². The molecule has 2 heterocycles. The summed E-state index contributed by atoms with van der Waals surface area (Å²) < 4.78 is 45.8. The Labute approximate surface area is 328 Å². The van der Waals surface area contributed by atoms with Crippen molar-refractivity contribution in [2.24, 2.45) is 0 Å². The number of allylic oxidation sites excluding steroid dienone is 1. The Balaban J connectivity index is 1.38. The molecule has 0 saturated carbocycles. The number of rotatable bonds is 19. The first-order valence-corrected chi connectivity index (χ1v) is 19.7. The molecule has 2 aliphatic heterocycles. The highest BCUT2D eigenvalue weighted by Crippen LogP contribution is 2.41. The maximum atomic E-state index is 14.5. The summed E-state index contributed by atoms with van der Waals surface area (Å²) in [4.78, 5) is 32.8. The van der Waals surface area contributed by atoms with Gasteiger partial charge in [-0.25, -0.2) is 4.79 Å². The fourth-order valence-corrected chi connectivity index (χ4v) is 7.91. The molecule has 3 aromatic rings. The second kappa shape index (κ2) is 20.9. The number of thioether (sulfide) groups is 1. The summed E-state index contributed by atoms with van der Waals surface area (Å²) in [7, 11) is 7.81. The van der Waals surface area contributed by atoms with Crippen LogP contribution in [0, 0.1) is 0 Å². The molecule has 0 bridgehead atoms. The van der Waals surface area contributed by atoms with Crippen LogP contribution in [0.15, 0.2) is 67.3 Å². The Morgan fingerprint density at radius 2 is 1.60 bits per heavy atom. The van der Waals surface area contributed by atoms with Crippen molar-refractivity contribution in [2.45, 2.75) is 37.3 Å². The number of hydrogen-bond acceptors (Lipinski definition) is 12. The Morgan fingerprint density at radius 3 is 2.27 bits per heavy atom. The molecule has 3 atom stereocenters. The number of carbonyl (C=O) groups excluding carboxylic acids is 2. The molecule has 0 radical (unpaired) electrons. The van der Waals surface area contributed by atoms with Gasteiger partial charge >= 0.3 is 5.97 Å². The van der Waals surface area contributed by atoms with E-state index in [4.69, 9.17) is 37.9 Å². The molecule has 298 valence electrons. The summed E-state index contributed by atoms with van der Waals surface area (Å²) in [6.07, 6.45) is 2.50. The van der Waals surface area contributed by atoms with E-state index in [2.05, 4.69) is 11.5 Å². The van der Waals surface area contributed by atoms with Gasteiger partial charge < -0.3 is 42.8 Å². The SMILES string of the molecule is C=CC[C@H](C(=O)N1CCSC[C@H]1C(=O)O[C@H](CCc1ccc(OC)c(OC)c1)c1cccc(OCCN2CCOCC2)c1)c1cc(OC)c(OC)c(OC)c1. The lowest BCUT2D eigenvalue weighted by Gasteiger charge is -2.37. The third kappa shape index (κ3) is 10.8. The van der Waals surface area contributed by atoms with Crippen molar-refractivity contribution >= 4 is 23.6 Å². The summed E-state index contributed by atoms with van der Waals surface area (Å²) in [5.41, 5.74) is 2.48. The largest absolute Gasteiger partial charge is 0.493 e. The predicted octanol–water partition coefficient (Wildman–Crippen LogP) is 5.96. The van der Waals surface area contributed by atoms with E-state index >= 15 is 0 Å². The van der Waals surface area contributed by atoms with Crippen molar-refractivity contribution < 1.29 is 47.5 Å². The van der Waals surface area contributed by atoms with Gasteiger partial charge in [0.15, 0.2) is 23.0 Å². The topological polar surface area (TPSA) is 114 Å². The number of morpholine rings is 1. The molecule has 5 rings (SSSR count). The smallest absolute Gasteiger partial charge is 0.330 e. The summed E-state index contributed by atoms with van der Waals surface area (Å²) in [6, 6.07) is 16.3. The number of ether oxygens (including phenoxy) is 8. The molecule has 55 heavy (non-hydrogen) atoms. The van der Waals surface area contributed by atoms with Gasteiger partial charge in [-0.3, -0.25) is 9.69 Å². The number of hydrogen-bond donors (Lipinski definition) is 0. The minimum atomic E-state index is -0.794. The van der Waals surface area contributed by atoms with Crippen molar-refractivity contribution in [3.8, 4) is 34.5 Å². The minimum Gasteiger partial charge on any atom is -0.493 e. The average molecular weight is 779 g/mol. The Bertz CT molecular complexity index is 1710. The van der Waals surface area contributed by atoms with Crippen LogP contribution in [-0.4, -0.2) is 121 Å². The number of benzene rings is 3. The summed E-state index contributed by atoms with van der Waals surface area (Å²) in [5.74, 6) is 3.06. The van der Waals surface area contributed by atoms with E-state index in [1.165, 1.54) is 21.3 Å². The lowest BCUT2D eigenvalue weighted by Crippen LogP contribution is -2.52. The van der Waals surface area contributed by atoms with Gasteiger partial charge in [0.25, 0.3) is 0 Å². The Morgan fingerprint density at radius 1 is 0.873 bits per heavy atom. The van der Waals surface area contributed by atoms with E-state index in [1.807, 2.05) is 42.5 Å². The predicted molar refractivity (Wildman–Crippen MR) is 212 cm³/mol. The van der Waals surface area contributed by atoms with Crippen molar-refractivity contribution in [3.63, 3.8) is 0 Å². The van der Waals surface area contributed by atoms with Crippen LogP contribution in [0.5, 0.6) is 34.5 Å². The lowest BCUT2D eigenvalue weighted by atomic mass is 9.92. The average Bonchev–Trinajstić information content (AvgIpc) is 3.23. The first-order chi connectivity index (χ1) is 26.8. The van der Waals surface area contributed by atoms with Gasteiger partial charge in [0.2, 0.25) is 11.7 Å². The fraction of sp³-hybridized carbons (Fsp3) is 0.476. The van der Waals surface area contributed by atoms with Crippen LogP contribution >= 0.6 is 11.8 Å². The van der Waals surface area contributed by atoms with E-state index < -0.39 is 24.0 Å². The zero-order chi connectivity index (χ0) is 39.2. The molecule has 2 fully saturated rings. The molecule has 1 amide bonds. The fourth-order valence-electron chi connectivity index (χ4n) is 6.88. The number of aryl methyl sites for hydroxylation is 1. The molecule has 0 aliphatic carbocycles. The number of methoxy groups -OCH3 is 5. The number of nitrogens with zero attached hydrogens (tertiary/aromatic N) is 2. The van der Waals surface area contributed by atoms with Crippen LogP contribution in [0.4, 0.5) is 0 Å². The maximum absolute atomic E-state index is 14.5. The molecule has 0 aromatic heterocycles. The highest BCUT2D eigenvalue weighted by molar-refractivity contribution is 7.99. The van der Waals surface area contributed by atoms with E-state index in [0.29, 0.717) is 84.0 Å². The number of carbonyl (C=O) groups is 2. The van der Waals surface area contributed by atoms with Crippen LogP contribution in [0.2, 0.25) is 0 Å². The molecule has 2 saturated heterocycles. The molecule has 3 aromatic carbocycles. The van der Waals surface area contributed by atoms with Gasteiger partial charge in [-0.1, -0.05) is 24.3 Å². The lowest BCUT2D eigenvalue weighted by molar-refractivity contribution is -0.159. The molecular weight excluding hydrogens is 725 g/mol. The first kappa shape index (κ1) is 41.6. The minimum absolute atomic E-state index is 0.200. The zero-order valence-corrected chi connectivity index (χ0v) is 33.4. The summed E-state index contributed by atoms with van der Waals surface area (Å²) in [6.45, 7) is 8.85. The summed E-state index contributed by atoms with van der Waals surface area (Å²) >= 11 is 1.63. The van der Waals surface area contributed by atoms with E-state index in [9.17, 15) is 9.59 Å². The first-order valence-electron chi connectivity index (χ1n) is 18.6. The monoisotopic (exact) mass is 778 g/mol. The second-order valence-electron chi connectivity index (χ2n) is 13.2. The second-order valence-corrected chi connectivity index (χ2v) is 14.3. The zero-order valence-electron chi connectivity index (χ0n) is 32.6. The molecule has 13 heteroatoms. The number of amides is 1. The summed E-state index contributed by atoms with van der Waals surface area (Å²) in [5, 5.41) is 0. The quantitative estimate of drug-likeness (QED) is 0.106. The standard InChI is InChI=1S/C42H54N2O10S/c1-7-9-33(31-26-38(49-4)40(51-6)39(27-31)50-5)41(45)44-19-23-55-28-34(44)42(46)54-35(14-12-29-13-15-36(47-2)37(24-29)48-3)30-10-8-11-32(25-30)53-22-18-43-16-20-52-21-17-43/h7-8,10-11,13,15,24-27,33-35H,1,9,12,14,16-23,28H2,2-6H3/t33-,34-,35+/m0/s1. The van der Waals surface area contributed by atoms with Gasteiger partial charge in [0.05, 0.1) is 54.7 Å². The molecule has 2 aliphatic rings. The van der Waals surface area contributed by atoms with Gasteiger partial charge in [-0.05, 0) is 72.4 Å². The maximum Gasteiger partial charge on any atom is 0.330 e. The van der Waals surface area contributed by atoms with E-state index in [-0.39, 0.29) is 5.91 Å². The van der Waals surface area contributed by atoms with Crippen LogP contribution in [0.3, 0.4) is 0 Å². The van der Waals surface area contributed by atoms with Crippen LogP contribution < -0.4 is 28.4 Å². The van der Waals surface area contributed by atoms with Crippen molar-refractivity contribution in [3.05, 3.63) is 83.9 Å². The van der Waals surface area contributed by atoms with Gasteiger partial charge in [-0.2, -0.15) is 11.8 Å². The normalized spacial score (nSPS) is 17.0. The van der Waals surface area contributed by atoms with E-state index in [0.717, 1.165) is 44.0 Å². The molecule has 0 N–H and O–H groups in total. The molecule has 0 unspecified atom stereocenters. The van der Waals surface area contributed by atoms with Crippen LogP contribution in [0.1, 0.15) is 41.6 Å². The van der Waals surface area contributed by atoms with Gasteiger partial charge in [0, 0.05) is 37.7 Å². The van der Waals surface area contributed by atoms with Crippen molar-refractivity contribution in [1.29, 1.82) is 0 Å². The third-order valence-electron chi connectivity index (χ3n) is 9.88. The molecular formula is C42H54N2O10S. The van der Waals surface area contributed by atoms with Crippen LogP contribution in [-0.2, 0) is 25.5 Å². The Hall–Kier alpha value is -4.59. The van der Waals surface area contributed by atoms with Gasteiger partial charge in [0.1, 0.15) is 24.5 Å². The van der Waals surface area contributed by atoms with Crippen molar-refractivity contribution in [1.82, 2.24) is 9.80 Å². The van der Waals surface area contributed by atoms with Gasteiger partial charge in [-0.15, -0.1) is 6.58 Å². The highest BCUT2D eigenvalue weighted by atomic mass is 32.2. The third-order valence-corrected chi connectivity index (χ3v) is 10.9. The van der Waals surface area contributed by atoms with E-state index in [1.54, 1.807) is 49.1 Å². The number of esters is 1. The van der Waals surface area contributed by atoms with Crippen LogP contribution in [0.25, 0.3) is 0 Å². The molecule has 0 spiro atoms. The highest BCUT2D eigenvalue weighted by Gasteiger charge is 2.38. The molecule has 12 nitrogen and oxygen atoms in total. The Kier molecular flexibility index (Phi) is 15.8.